The van der Waals surface area contributed by atoms with Crippen molar-refractivity contribution in [3.05, 3.63) is 95.0 Å². The number of aliphatic hydroxyl groups is 1. The van der Waals surface area contributed by atoms with Gasteiger partial charge in [-0.1, -0.05) is 78.3 Å². The van der Waals surface area contributed by atoms with Crippen LogP contribution < -0.4 is 10.6 Å². The molecule has 1 fully saturated rings. The van der Waals surface area contributed by atoms with Gasteiger partial charge in [0.15, 0.2) is 5.54 Å². The number of rotatable bonds is 5. The minimum Gasteiger partial charge on any atom is -0.385 e. The molecule has 3 aromatic rings. The van der Waals surface area contributed by atoms with Crippen LogP contribution in [0.3, 0.4) is 0 Å². The molecule has 1 saturated heterocycles. The van der Waals surface area contributed by atoms with Crippen LogP contribution in [-0.2, 0) is 11.2 Å². The minimum absolute atomic E-state index is 0.128. The lowest BCUT2D eigenvalue weighted by molar-refractivity contribution is -0.128. The van der Waals surface area contributed by atoms with Crippen LogP contribution in [0.25, 0.3) is 11.1 Å². The Kier molecular flexibility index (Phi) is 5.09. The second-order valence-electron chi connectivity index (χ2n) is 7.07. The first-order valence-corrected chi connectivity index (χ1v) is 9.57. The van der Waals surface area contributed by atoms with Gasteiger partial charge in [0.25, 0.3) is 5.91 Å². The maximum absolute atomic E-state index is 12.7. The summed E-state index contributed by atoms with van der Waals surface area (Å²) in [6, 6.07) is 23.5. The molecule has 1 aliphatic rings. The Morgan fingerprint density at radius 1 is 0.862 bits per heavy atom. The van der Waals surface area contributed by atoms with Gasteiger partial charge in [0.1, 0.15) is 6.10 Å². The molecule has 1 heterocycles. The van der Waals surface area contributed by atoms with Crippen LogP contribution in [0.4, 0.5) is 4.79 Å². The van der Waals surface area contributed by atoms with Crippen LogP contribution in [0, 0.1) is 0 Å². The lowest BCUT2D eigenvalue weighted by Gasteiger charge is -2.32. The van der Waals surface area contributed by atoms with Gasteiger partial charge in [-0.05, 0) is 34.4 Å². The summed E-state index contributed by atoms with van der Waals surface area (Å²) in [5.41, 5.74) is 1.85. The topological polar surface area (TPSA) is 78.4 Å². The van der Waals surface area contributed by atoms with E-state index < -0.39 is 23.6 Å². The van der Waals surface area contributed by atoms with E-state index in [4.69, 9.17) is 11.6 Å². The van der Waals surface area contributed by atoms with Crippen LogP contribution in [0.2, 0.25) is 5.02 Å². The largest absolute Gasteiger partial charge is 0.385 e. The van der Waals surface area contributed by atoms with E-state index in [1.165, 1.54) is 0 Å². The second-order valence-corrected chi connectivity index (χ2v) is 7.51. The first kappa shape index (κ1) is 19.2. The predicted octanol–water partition coefficient (Wildman–Crippen LogP) is 3.86. The third-order valence-corrected chi connectivity index (χ3v) is 5.42. The van der Waals surface area contributed by atoms with Crippen molar-refractivity contribution in [1.29, 1.82) is 0 Å². The molecule has 0 aromatic heterocycles. The monoisotopic (exact) mass is 406 g/mol. The highest BCUT2D eigenvalue weighted by molar-refractivity contribution is 6.30. The summed E-state index contributed by atoms with van der Waals surface area (Å²) < 4.78 is 0. The number of benzene rings is 3. The number of hydrogen-bond donors (Lipinski definition) is 3. The van der Waals surface area contributed by atoms with E-state index in [2.05, 4.69) is 10.6 Å². The molecule has 0 aliphatic carbocycles. The molecule has 3 amide bonds. The molecule has 3 N–H and O–H groups in total. The van der Waals surface area contributed by atoms with Gasteiger partial charge in [0.2, 0.25) is 0 Å². The summed E-state index contributed by atoms with van der Waals surface area (Å²) in [6.45, 7) is 0. The number of halogens is 1. The highest BCUT2D eigenvalue weighted by Crippen LogP contribution is 2.33. The Labute approximate surface area is 173 Å². The molecule has 29 heavy (non-hydrogen) atoms. The van der Waals surface area contributed by atoms with Crippen molar-refractivity contribution in [3.63, 3.8) is 0 Å². The van der Waals surface area contributed by atoms with E-state index in [1.807, 2.05) is 42.5 Å². The lowest BCUT2D eigenvalue weighted by atomic mass is 9.82. The van der Waals surface area contributed by atoms with Crippen LogP contribution in [0.5, 0.6) is 0 Å². The number of aliphatic hydroxyl groups excluding tert-OH is 1. The van der Waals surface area contributed by atoms with E-state index in [0.717, 1.165) is 16.7 Å². The molecule has 2 atom stereocenters. The van der Waals surface area contributed by atoms with Crippen LogP contribution in [0.15, 0.2) is 78.9 Å². The van der Waals surface area contributed by atoms with Gasteiger partial charge in [-0.2, -0.15) is 0 Å². The zero-order valence-electron chi connectivity index (χ0n) is 15.4. The number of nitrogens with one attached hydrogen (secondary N) is 2. The van der Waals surface area contributed by atoms with Crippen LogP contribution in [0.1, 0.15) is 17.2 Å². The third kappa shape index (κ3) is 3.75. The standard InChI is InChI=1S/C23H19ClN2O3/c24-19-12-6-15(7-13-19)14-23(21(28)25-22(29)26-23)20(27)18-10-8-17(9-11-18)16-4-2-1-3-5-16/h1-13,20,27H,14H2,(H2,25,26,28,29). The molecule has 3 aromatic carbocycles. The number of imide groups is 1. The molecule has 1 aliphatic heterocycles. The highest BCUT2D eigenvalue weighted by Gasteiger charge is 2.52. The molecule has 0 spiro atoms. The molecule has 6 heteroatoms. The van der Waals surface area contributed by atoms with Crippen molar-refractivity contribution in [2.45, 2.75) is 18.1 Å². The fourth-order valence-electron chi connectivity index (χ4n) is 3.62. The Hall–Kier alpha value is -3.15. The van der Waals surface area contributed by atoms with Gasteiger partial charge >= 0.3 is 6.03 Å². The van der Waals surface area contributed by atoms with E-state index >= 15 is 0 Å². The molecule has 2 unspecified atom stereocenters. The van der Waals surface area contributed by atoms with Gasteiger partial charge in [-0.15, -0.1) is 0 Å². The van der Waals surface area contributed by atoms with Gasteiger partial charge in [0, 0.05) is 11.4 Å². The summed E-state index contributed by atoms with van der Waals surface area (Å²) in [5, 5.41) is 16.6. The van der Waals surface area contributed by atoms with Crippen molar-refractivity contribution in [3.8, 4) is 11.1 Å². The van der Waals surface area contributed by atoms with Gasteiger partial charge in [-0.25, -0.2) is 4.79 Å². The molecule has 146 valence electrons. The number of carbonyl (C=O) groups excluding carboxylic acids is 2. The molecule has 0 radical (unpaired) electrons. The SMILES string of the molecule is O=C1NC(=O)C(Cc2ccc(Cl)cc2)(C(O)c2ccc(-c3ccccc3)cc2)N1. The fraction of sp³-hybridized carbons (Fsp3) is 0.130. The summed E-state index contributed by atoms with van der Waals surface area (Å²) in [4.78, 5) is 24.6. The predicted molar refractivity (Wildman–Crippen MR) is 111 cm³/mol. The van der Waals surface area contributed by atoms with E-state index in [-0.39, 0.29) is 6.42 Å². The first-order chi connectivity index (χ1) is 14.0. The van der Waals surface area contributed by atoms with Crippen molar-refractivity contribution >= 4 is 23.5 Å². The maximum Gasteiger partial charge on any atom is 0.322 e. The molecule has 0 bridgehead atoms. The quantitative estimate of drug-likeness (QED) is 0.563. The molecular formula is C23H19ClN2O3. The summed E-state index contributed by atoms with van der Waals surface area (Å²) in [6.07, 6.45) is -1.10. The Balaban J connectivity index is 1.66. The smallest absolute Gasteiger partial charge is 0.322 e. The number of carbonyl (C=O) groups is 2. The summed E-state index contributed by atoms with van der Waals surface area (Å²) >= 11 is 5.94. The number of urea groups is 1. The zero-order valence-corrected chi connectivity index (χ0v) is 16.2. The van der Waals surface area contributed by atoms with Crippen molar-refractivity contribution in [1.82, 2.24) is 10.6 Å². The average molecular weight is 407 g/mol. The second kappa shape index (κ2) is 7.70. The normalized spacial score (nSPS) is 19.5. The molecule has 4 rings (SSSR count). The Bertz CT molecular complexity index is 1040. The molecule has 0 saturated carbocycles. The van der Waals surface area contributed by atoms with Crippen LogP contribution in [-0.4, -0.2) is 22.6 Å². The van der Waals surface area contributed by atoms with Crippen molar-refractivity contribution in [2.75, 3.05) is 0 Å². The minimum atomic E-state index is -1.50. The first-order valence-electron chi connectivity index (χ1n) is 9.19. The molecule has 5 nitrogen and oxygen atoms in total. The fourth-order valence-corrected chi connectivity index (χ4v) is 3.74. The van der Waals surface area contributed by atoms with E-state index in [0.29, 0.717) is 10.6 Å². The zero-order chi connectivity index (χ0) is 20.4. The summed E-state index contributed by atoms with van der Waals surface area (Å²) in [5.74, 6) is -0.558. The highest BCUT2D eigenvalue weighted by atomic mass is 35.5. The van der Waals surface area contributed by atoms with Crippen molar-refractivity contribution < 1.29 is 14.7 Å². The molecular weight excluding hydrogens is 388 g/mol. The van der Waals surface area contributed by atoms with E-state index in [9.17, 15) is 14.7 Å². The maximum atomic E-state index is 12.7. The third-order valence-electron chi connectivity index (χ3n) is 5.17. The van der Waals surface area contributed by atoms with E-state index in [1.54, 1.807) is 36.4 Å². The van der Waals surface area contributed by atoms with Crippen molar-refractivity contribution in [2.24, 2.45) is 0 Å². The van der Waals surface area contributed by atoms with Crippen LogP contribution >= 0.6 is 11.6 Å². The lowest BCUT2D eigenvalue weighted by Crippen LogP contribution is -2.53. The number of hydrogen-bond acceptors (Lipinski definition) is 3. The van der Waals surface area contributed by atoms with Gasteiger partial charge in [0.05, 0.1) is 0 Å². The van der Waals surface area contributed by atoms with Gasteiger partial charge in [-0.3, -0.25) is 10.1 Å². The summed E-state index contributed by atoms with van der Waals surface area (Å²) in [7, 11) is 0. The number of amides is 3. The van der Waals surface area contributed by atoms with Gasteiger partial charge < -0.3 is 10.4 Å². The Morgan fingerprint density at radius 3 is 2.07 bits per heavy atom. The Morgan fingerprint density at radius 2 is 1.48 bits per heavy atom. The average Bonchev–Trinajstić information content (AvgIpc) is 3.03.